The quantitative estimate of drug-likeness (QED) is 0.270. The van der Waals surface area contributed by atoms with Crippen LogP contribution in [-0.2, 0) is 4.79 Å². The second kappa shape index (κ2) is 11.6. The topological polar surface area (TPSA) is 113 Å². The van der Waals surface area contributed by atoms with Crippen molar-refractivity contribution in [2.75, 3.05) is 57.1 Å². The highest BCUT2D eigenvalue weighted by molar-refractivity contribution is 6.00. The zero-order valence-electron chi connectivity index (χ0n) is 24.5. The van der Waals surface area contributed by atoms with Gasteiger partial charge < -0.3 is 29.5 Å². The number of pyridine rings is 1. The summed E-state index contributed by atoms with van der Waals surface area (Å²) in [4.78, 5) is 31.6. The van der Waals surface area contributed by atoms with Crippen LogP contribution in [0.4, 0.5) is 26.0 Å². The van der Waals surface area contributed by atoms with Gasteiger partial charge in [-0.1, -0.05) is 6.08 Å². The molecule has 0 radical (unpaired) electrons. The van der Waals surface area contributed by atoms with E-state index in [4.69, 9.17) is 9.47 Å². The van der Waals surface area contributed by atoms with Gasteiger partial charge in [-0.25, -0.2) is 28.2 Å². The second-order valence-corrected chi connectivity index (χ2v) is 11.1. The van der Waals surface area contributed by atoms with Gasteiger partial charge in [-0.2, -0.15) is 5.10 Å². The second-order valence-electron chi connectivity index (χ2n) is 11.1. The third-order valence-corrected chi connectivity index (χ3v) is 7.74. The number of piperazine rings is 1. The van der Waals surface area contributed by atoms with E-state index in [9.17, 15) is 4.79 Å². The van der Waals surface area contributed by atoms with Gasteiger partial charge in [0.2, 0.25) is 5.91 Å². The lowest BCUT2D eigenvalue weighted by atomic mass is 10.1. The fourth-order valence-corrected chi connectivity index (χ4v) is 5.56. The van der Waals surface area contributed by atoms with Gasteiger partial charge in [-0.15, -0.1) is 0 Å². The third-order valence-electron chi connectivity index (χ3n) is 7.74. The molecular formula is C31H29F2N9O3. The minimum absolute atomic E-state index is 0.0252. The number of aromatic nitrogens is 5. The smallest absolute Gasteiger partial charge is 0.246 e. The molecule has 45 heavy (non-hydrogen) atoms. The van der Waals surface area contributed by atoms with Crippen molar-refractivity contribution in [1.82, 2.24) is 34.4 Å². The molecule has 1 amide bonds. The Hall–Kier alpha value is -5.37. The minimum Gasteiger partial charge on any atom is -0.488 e. The summed E-state index contributed by atoms with van der Waals surface area (Å²) in [6.07, 6.45) is 7.82. The SMILES string of the molecule is CN(C)C/C=C/C(=O)N1CCN2c3ccc4ncnc(Nc5cc(F)c(Oc6ccn7ncnc7c6)cc5F)c4c3OC[C@H]2C1. The Morgan fingerprint density at radius 1 is 1.11 bits per heavy atom. The van der Waals surface area contributed by atoms with E-state index in [0.717, 1.165) is 17.8 Å². The van der Waals surface area contributed by atoms with E-state index in [2.05, 4.69) is 30.3 Å². The molecule has 230 valence electrons. The van der Waals surface area contributed by atoms with Crippen LogP contribution in [0, 0.1) is 11.6 Å². The van der Waals surface area contributed by atoms with Gasteiger partial charge >= 0.3 is 0 Å². The van der Waals surface area contributed by atoms with Crippen LogP contribution in [0.1, 0.15) is 0 Å². The van der Waals surface area contributed by atoms with E-state index < -0.39 is 11.6 Å². The Balaban J connectivity index is 1.13. The number of hydrogen-bond donors (Lipinski definition) is 1. The molecule has 12 nitrogen and oxygen atoms in total. The number of amides is 1. The normalized spacial score (nSPS) is 16.2. The number of hydrogen-bond acceptors (Lipinski definition) is 10. The maximum atomic E-state index is 15.3. The van der Waals surface area contributed by atoms with Gasteiger partial charge in [0, 0.05) is 56.7 Å². The van der Waals surface area contributed by atoms with Crippen LogP contribution in [-0.4, -0.2) is 93.2 Å². The number of nitrogens with zero attached hydrogens (tertiary/aromatic N) is 8. The van der Waals surface area contributed by atoms with Gasteiger partial charge in [-0.3, -0.25) is 4.79 Å². The molecule has 5 aromatic rings. The van der Waals surface area contributed by atoms with Crippen molar-refractivity contribution in [2.45, 2.75) is 6.04 Å². The number of ether oxygens (including phenoxy) is 2. The van der Waals surface area contributed by atoms with Crippen LogP contribution in [0.15, 0.2) is 67.4 Å². The average Bonchev–Trinajstić information content (AvgIpc) is 3.50. The van der Waals surface area contributed by atoms with Crippen molar-refractivity contribution in [3.8, 4) is 17.2 Å². The number of fused-ring (bicyclic) bond motifs is 6. The number of carbonyl (C=O) groups excluding carboxylic acids is 1. The Kier molecular flexibility index (Phi) is 7.33. The van der Waals surface area contributed by atoms with Crippen molar-refractivity contribution in [1.29, 1.82) is 0 Å². The lowest BCUT2D eigenvalue weighted by Crippen LogP contribution is -2.58. The first kappa shape index (κ1) is 28.4. The molecule has 0 unspecified atom stereocenters. The van der Waals surface area contributed by atoms with Crippen molar-refractivity contribution in [3.05, 3.63) is 79.0 Å². The Labute approximate surface area is 256 Å². The summed E-state index contributed by atoms with van der Waals surface area (Å²) < 4.78 is 43.9. The molecule has 2 aliphatic heterocycles. The number of halogens is 2. The average molecular weight is 614 g/mol. The summed E-state index contributed by atoms with van der Waals surface area (Å²) in [5, 5.41) is 7.48. The molecule has 2 aromatic carbocycles. The maximum Gasteiger partial charge on any atom is 0.246 e. The Bertz CT molecular complexity index is 1950. The number of nitrogens with one attached hydrogen (secondary N) is 1. The summed E-state index contributed by atoms with van der Waals surface area (Å²) in [6.45, 7) is 2.71. The van der Waals surface area contributed by atoms with Crippen LogP contribution < -0.4 is 19.7 Å². The summed E-state index contributed by atoms with van der Waals surface area (Å²) >= 11 is 0. The van der Waals surface area contributed by atoms with E-state index in [1.54, 1.807) is 24.4 Å². The molecule has 0 bridgehead atoms. The molecule has 0 saturated carbocycles. The first-order valence-corrected chi connectivity index (χ1v) is 14.3. The minimum atomic E-state index is -0.774. The number of likely N-dealkylation sites (N-methyl/N-ethyl adjacent to an activating group) is 1. The highest BCUT2D eigenvalue weighted by Crippen LogP contribution is 2.43. The molecular weight excluding hydrogens is 584 g/mol. The largest absolute Gasteiger partial charge is 0.488 e. The molecule has 2 aliphatic rings. The Morgan fingerprint density at radius 2 is 2.00 bits per heavy atom. The molecule has 3 aromatic heterocycles. The number of carbonyl (C=O) groups is 1. The number of anilines is 3. The van der Waals surface area contributed by atoms with E-state index >= 15 is 8.78 Å². The van der Waals surface area contributed by atoms with Crippen molar-refractivity contribution >= 4 is 39.6 Å². The van der Waals surface area contributed by atoms with E-state index in [0.29, 0.717) is 55.1 Å². The molecule has 1 atom stereocenters. The molecule has 5 heterocycles. The predicted molar refractivity (Wildman–Crippen MR) is 163 cm³/mol. The number of rotatable bonds is 7. The van der Waals surface area contributed by atoms with Gasteiger partial charge in [0.25, 0.3) is 0 Å². The standard InChI is InChI=1S/C31H29F2N9O3/c1-39(2)8-3-4-28(43)40-10-11-41-19(15-40)16-44-30-25(41)6-5-23-29(30)31(36-17-34-23)38-24-13-22(33)26(14-21(24)32)45-20-7-9-42-27(12-20)35-18-37-42/h3-7,9,12-14,17-19H,8,10-11,15-16H2,1-2H3,(H,34,36,38)/b4-3+/t19-/m1/s1. The van der Waals surface area contributed by atoms with Crippen LogP contribution in [0.5, 0.6) is 17.2 Å². The van der Waals surface area contributed by atoms with Crippen LogP contribution in [0.2, 0.25) is 0 Å². The van der Waals surface area contributed by atoms with Gasteiger partial charge in [0.1, 0.15) is 30.8 Å². The van der Waals surface area contributed by atoms with E-state index in [1.165, 1.54) is 17.2 Å². The lowest BCUT2D eigenvalue weighted by molar-refractivity contribution is -0.127. The third kappa shape index (κ3) is 5.55. The Morgan fingerprint density at radius 3 is 2.87 bits per heavy atom. The molecule has 1 saturated heterocycles. The summed E-state index contributed by atoms with van der Waals surface area (Å²) in [7, 11) is 3.90. The highest BCUT2D eigenvalue weighted by atomic mass is 19.1. The number of benzene rings is 2. The van der Waals surface area contributed by atoms with Crippen LogP contribution in [0.3, 0.4) is 0 Å². The van der Waals surface area contributed by atoms with Gasteiger partial charge in [0.15, 0.2) is 28.8 Å². The monoisotopic (exact) mass is 613 g/mol. The van der Waals surface area contributed by atoms with Crippen LogP contribution in [0.25, 0.3) is 16.6 Å². The summed E-state index contributed by atoms with van der Waals surface area (Å²) in [5.41, 5.74) is 1.77. The first-order valence-electron chi connectivity index (χ1n) is 14.3. The molecule has 1 N–H and O–H groups in total. The zero-order valence-corrected chi connectivity index (χ0v) is 24.5. The highest BCUT2D eigenvalue weighted by Gasteiger charge is 2.35. The van der Waals surface area contributed by atoms with E-state index in [1.807, 2.05) is 42.1 Å². The first-order chi connectivity index (χ1) is 21.8. The predicted octanol–water partition coefficient (Wildman–Crippen LogP) is 4.01. The van der Waals surface area contributed by atoms with Crippen molar-refractivity contribution in [3.63, 3.8) is 0 Å². The molecule has 14 heteroatoms. The molecule has 0 aliphatic carbocycles. The van der Waals surface area contributed by atoms with Crippen molar-refractivity contribution in [2.24, 2.45) is 0 Å². The molecule has 1 fully saturated rings. The van der Waals surface area contributed by atoms with Gasteiger partial charge in [-0.05, 0) is 32.3 Å². The van der Waals surface area contributed by atoms with Crippen molar-refractivity contribution < 1.29 is 23.0 Å². The molecule has 0 spiro atoms. The fraction of sp³-hybridized carbons (Fsp3) is 0.258. The molecule has 7 rings (SSSR count). The zero-order chi connectivity index (χ0) is 31.1. The summed E-state index contributed by atoms with van der Waals surface area (Å²) in [6, 6.07) is 8.87. The fourth-order valence-electron chi connectivity index (χ4n) is 5.56. The van der Waals surface area contributed by atoms with Gasteiger partial charge in [0.05, 0.1) is 28.3 Å². The van der Waals surface area contributed by atoms with E-state index in [-0.39, 0.29) is 35.0 Å². The van der Waals surface area contributed by atoms with Crippen LogP contribution >= 0.6 is 0 Å². The maximum absolute atomic E-state index is 15.3. The summed E-state index contributed by atoms with van der Waals surface area (Å²) in [5.74, 6) is -0.739. The lowest BCUT2D eigenvalue weighted by Gasteiger charge is -2.45.